The van der Waals surface area contributed by atoms with E-state index in [0.29, 0.717) is 16.6 Å². The van der Waals surface area contributed by atoms with Crippen LogP contribution < -0.4 is 4.90 Å². The highest BCUT2D eigenvalue weighted by Gasteiger charge is 2.26. The van der Waals surface area contributed by atoms with E-state index in [9.17, 15) is 10.1 Å². The van der Waals surface area contributed by atoms with Gasteiger partial charge < -0.3 is 4.90 Å². The minimum atomic E-state index is -0.293. The molecule has 1 atom stereocenters. The van der Waals surface area contributed by atoms with Gasteiger partial charge in [-0.25, -0.2) is 4.68 Å². The Morgan fingerprint density at radius 1 is 1.16 bits per heavy atom. The van der Waals surface area contributed by atoms with Gasteiger partial charge in [-0.15, -0.1) is 5.10 Å². The number of pyridine rings is 1. The van der Waals surface area contributed by atoms with Gasteiger partial charge in [-0.3, -0.25) is 15.1 Å². The third-order valence-electron chi connectivity index (χ3n) is 4.77. The Bertz CT molecular complexity index is 895. The second-order valence-electron chi connectivity index (χ2n) is 6.22. The van der Waals surface area contributed by atoms with Crippen molar-refractivity contribution in [3.05, 3.63) is 53.0 Å². The molecule has 25 heavy (non-hydrogen) atoms. The standard InChI is InChI=1S/C17H18N6O2/c24-23(25)17-14-4-1-8-18-15(14)5-6-16(17)21-10-2-3-13(7-11-21)22-12-9-19-20-22/h1,4-6,8-9,12-13H,2-3,7,10-11H2. The van der Waals surface area contributed by atoms with Crippen molar-refractivity contribution in [3.63, 3.8) is 0 Å². The minimum Gasteiger partial charge on any atom is -0.366 e. The molecule has 4 rings (SSSR count). The van der Waals surface area contributed by atoms with E-state index in [0.717, 1.165) is 32.4 Å². The van der Waals surface area contributed by atoms with Crippen LogP contribution >= 0.6 is 0 Å². The molecule has 3 heterocycles. The molecule has 0 radical (unpaired) electrons. The predicted octanol–water partition coefficient (Wildman–Crippen LogP) is 2.97. The van der Waals surface area contributed by atoms with Gasteiger partial charge in [-0.1, -0.05) is 5.21 Å². The zero-order valence-electron chi connectivity index (χ0n) is 13.7. The molecule has 8 nitrogen and oxygen atoms in total. The number of aromatic nitrogens is 4. The lowest BCUT2D eigenvalue weighted by Gasteiger charge is -2.23. The Morgan fingerprint density at radius 2 is 2.08 bits per heavy atom. The number of hydrogen-bond donors (Lipinski definition) is 0. The second kappa shape index (κ2) is 6.46. The Hall–Kier alpha value is -3.03. The van der Waals surface area contributed by atoms with Crippen LogP contribution in [-0.2, 0) is 0 Å². The number of rotatable bonds is 3. The maximum atomic E-state index is 11.7. The maximum Gasteiger partial charge on any atom is 0.301 e. The zero-order valence-corrected chi connectivity index (χ0v) is 13.7. The Kier molecular flexibility index (Phi) is 4.01. The van der Waals surface area contributed by atoms with Crippen LogP contribution in [0, 0.1) is 10.1 Å². The first-order valence-electron chi connectivity index (χ1n) is 8.37. The van der Waals surface area contributed by atoms with Crippen LogP contribution in [0.3, 0.4) is 0 Å². The summed E-state index contributed by atoms with van der Waals surface area (Å²) in [5, 5.41) is 20.3. The molecule has 1 saturated heterocycles. The van der Waals surface area contributed by atoms with Crippen molar-refractivity contribution in [3.8, 4) is 0 Å². The van der Waals surface area contributed by atoms with Gasteiger partial charge in [0.05, 0.1) is 28.1 Å². The average Bonchev–Trinajstić information content (AvgIpc) is 3.05. The van der Waals surface area contributed by atoms with E-state index in [2.05, 4.69) is 20.2 Å². The van der Waals surface area contributed by atoms with E-state index in [1.54, 1.807) is 24.5 Å². The maximum absolute atomic E-state index is 11.7. The molecule has 1 aliphatic heterocycles. The van der Waals surface area contributed by atoms with Crippen molar-refractivity contribution in [1.29, 1.82) is 0 Å². The van der Waals surface area contributed by atoms with E-state index in [4.69, 9.17) is 0 Å². The normalized spacial score (nSPS) is 18.2. The summed E-state index contributed by atoms with van der Waals surface area (Å²) in [6.07, 6.45) is 8.04. The van der Waals surface area contributed by atoms with Crippen LogP contribution in [0.1, 0.15) is 25.3 Å². The summed E-state index contributed by atoms with van der Waals surface area (Å²) < 4.78 is 1.89. The van der Waals surface area contributed by atoms with Crippen molar-refractivity contribution in [2.24, 2.45) is 0 Å². The smallest absolute Gasteiger partial charge is 0.301 e. The number of benzene rings is 1. The highest BCUT2D eigenvalue weighted by molar-refractivity contribution is 5.94. The molecule has 2 aromatic heterocycles. The summed E-state index contributed by atoms with van der Waals surface area (Å²) in [4.78, 5) is 17.8. The fourth-order valence-electron chi connectivity index (χ4n) is 3.57. The summed E-state index contributed by atoms with van der Waals surface area (Å²) >= 11 is 0. The SMILES string of the molecule is O=[N+]([O-])c1c(N2CCCC(n3ccnn3)CC2)ccc2ncccc12. The summed E-state index contributed by atoms with van der Waals surface area (Å²) in [7, 11) is 0. The lowest BCUT2D eigenvalue weighted by atomic mass is 10.1. The van der Waals surface area contributed by atoms with Crippen molar-refractivity contribution in [1.82, 2.24) is 20.0 Å². The van der Waals surface area contributed by atoms with Gasteiger partial charge in [0.2, 0.25) is 0 Å². The first kappa shape index (κ1) is 15.5. The van der Waals surface area contributed by atoms with Gasteiger partial charge in [-0.2, -0.15) is 0 Å². The topological polar surface area (TPSA) is 90.0 Å². The van der Waals surface area contributed by atoms with Crippen LogP contribution in [0.25, 0.3) is 10.9 Å². The highest BCUT2D eigenvalue weighted by atomic mass is 16.6. The van der Waals surface area contributed by atoms with E-state index in [-0.39, 0.29) is 16.7 Å². The minimum absolute atomic E-state index is 0.143. The molecule has 8 heteroatoms. The van der Waals surface area contributed by atoms with E-state index >= 15 is 0 Å². The van der Waals surface area contributed by atoms with Gasteiger partial charge >= 0.3 is 5.69 Å². The lowest BCUT2D eigenvalue weighted by Crippen LogP contribution is -2.25. The van der Waals surface area contributed by atoms with E-state index in [1.165, 1.54) is 0 Å². The number of hydrogen-bond acceptors (Lipinski definition) is 6. The quantitative estimate of drug-likeness (QED) is 0.539. The first-order valence-corrected chi connectivity index (χ1v) is 8.37. The molecular weight excluding hydrogens is 320 g/mol. The summed E-state index contributed by atoms with van der Waals surface area (Å²) in [6.45, 7) is 1.54. The molecule has 1 fully saturated rings. The summed E-state index contributed by atoms with van der Waals surface area (Å²) in [6, 6.07) is 7.47. The molecule has 0 aliphatic carbocycles. The highest BCUT2D eigenvalue weighted by Crippen LogP contribution is 2.36. The van der Waals surface area contributed by atoms with Gasteiger partial charge in [0.1, 0.15) is 5.69 Å². The number of fused-ring (bicyclic) bond motifs is 1. The van der Waals surface area contributed by atoms with Crippen LogP contribution in [0.5, 0.6) is 0 Å². The molecular formula is C17H18N6O2. The Labute approximate surface area is 144 Å². The van der Waals surface area contributed by atoms with Gasteiger partial charge in [0, 0.05) is 25.5 Å². The van der Waals surface area contributed by atoms with Crippen molar-refractivity contribution < 1.29 is 4.92 Å². The van der Waals surface area contributed by atoms with Gasteiger partial charge in [0.25, 0.3) is 0 Å². The van der Waals surface area contributed by atoms with Crippen LogP contribution in [0.15, 0.2) is 42.9 Å². The molecule has 1 unspecified atom stereocenters. The Balaban J connectivity index is 1.67. The number of nitro groups is 1. The molecule has 1 aromatic carbocycles. The van der Waals surface area contributed by atoms with E-state index < -0.39 is 0 Å². The first-order chi connectivity index (χ1) is 12.2. The third-order valence-corrected chi connectivity index (χ3v) is 4.77. The van der Waals surface area contributed by atoms with Crippen LogP contribution in [0.2, 0.25) is 0 Å². The molecule has 0 N–H and O–H groups in total. The average molecular weight is 338 g/mol. The molecule has 3 aromatic rings. The number of anilines is 1. The molecule has 0 amide bonds. The largest absolute Gasteiger partial charge is 0.366 e. The number of nitro benzene ring substituents is 1. The fourth-order valence-corrected chi connectivity index (χ4v) is 3.57. The lowest BCUT2D eigenvalue weighted by molar-refractivity contribution is -0.382. The van der Waals surface area contributed by atoms with Crippen molar-refractivity contribution >= 4 is 22.3 Å². The van der Waals surface area contributed by atoms with E-state index in [1.807, 2.05) is 23.0 Å². The summed E-state index contributed by atoms with van der Waals surface area (Å²) in [5.41, 5.74) is 1.46. The third kappa shape index (κ3) is 2.90. The molecule has 0 saturated carbocycles. The molecule has 0 spiro atoms. The van der Waals surface area contributed by atoms with Crippen molar-refractivity contribution in [2.45, 2.75) is 25.3 Å². The molecule has 128 valence electrons. The second-order valence-corrected chi connectivity index (χ2v) is 6.22. The fraction of sp³-hybridized carbons (Fsp3) is 0.353. The van der Waals surface area contributed by atoms with Crippen LogP contribution in [0.4, 0.5) is 11.4 Å². The monoisotopic (exact) mass is 338 g/mol. The predicted molar refractivity (Wildman–Crippen MR) is 93.5 cm³/mol. The Morgan fingerprint density at radius 3 is 2.88 bits per heavy atom. The van der Waals surface area contributed by atoms with Gasteiger partial charge in [-0.05, 0) is 43.5 Å². The molecule has 0 bridgehead atoms. The summed E-state index contributed by atoms with van der Waals surface area (Å²) in [5.74, 6) is 0. The molecule has 1 aliphatic rings. The number of nitrogens with zero attached hydrogens (tertiary/aromatic N) is 6. The van der Waals surface area contributed by atoms with Crippen LogP contribution in [-0.4, -0.2) is 38.0 Å². The zero-order chi connectivity index (χ0) is 17.2. The van der Waals surface area contributed by atoms with Crippen molar-refractivity contribution in [2.75, 3.05) is 18.0 Å². The van der Waals surface area contributed by atoms with Gasteiger partial charge in [0.15, 0.2) is 0 Å².